The van der Waals surface area contributed by atoms with Gasteiger partial charge in [0, 0.05) is 0 Å². The zero-order valence-electron chi connectivity index (χ0n) is 7.46. The van der Waals surface area contributed by atoms with Gasteiger partial charge in [0.1, 0.15) is 6.04 Å². The minimum Gasteiger partial charge on any atom is -0.451 e. The maximum absolute atomic E-state index is 11.2. The van der Waals surface area contributed by atoms with E-state index in [2.05, 4.69) is 5.32 Å². The largest absolute Gasteiger partial charge is 0.451 e. The number of carbonyl (C=O) groups excluding carboxylic acids is 2. The third-order valence-corrected chi connectivity index (χ3v) is 1.88. The summed E-state index contributed by atoms with van der Waals surface area (Å²) < 4.78 is 4.82. The van der Waals surface area contributed by atoms with Crippen molar-refractivity contribution in [1.29, 1.82) is 0 Å². The molecule has 0 saturated carbocycles. The summed E-state index contributed by atoms with van der Waals surface area (Å²) >= 11 is 0. The Bertz CT molecular complexity index is 212. The lowest BCUT2D eigenvalue weighted by Crippen LogP contribution is -2.55. The molecular formula is C8H13NO3. The Morgan fingerprint density at radius 3 is 2.50 bits per heavy atom. The summed E-state index contributed by atoms with van der Waals surface area (Å²) in [5.74, 6) is -0.473. The minimum atomic E-state index is -0.646. The fourth-order valence-corrected chi connectivity index (χ4v) is 1.07. The molecule has 12 heavy (non-hydrogen) atoms. The molecule has 1 rings (SSSR count). The van der Waals surface area contributed by atoms with Crippen molar-refractivity contribution >= 4 is 11.9 Å². The Kier molecular flexibility index (Phi) is 2.35. The normalized spacial score (nSPS) is 30.0. The van der Waals surface area contributed by atoms with Crippen LogP contribution in [-0.4, -0.2) is 24.0 Å². The molecule has 68 valence electrons. The lowest BCUT2D eigenvalue weighted by atomic mass is 10.0. The van der Waals surface area contributed by atoms with E-state index in [1.165, 1.54) is 0 Å². The molecule has 1 amide bonds. The Labute approximate surface area is 71.3 Å². The smallest absolute Gasteiger partial charge is 0.329 e. The van der Waals surface area contributed by atoms with Crippen LogP contribution in [0.15, 0.2) is 0 Å². The van der Waals surface area contributed by atoms with Crippen molar-refractivity contribution in [1.82, 2.24) is 5.32 Å². The lowest BCUT2D eigenvalue weighted by Gasteiger charge is -2.28. The van der Waals surface area contributed by atoms with Gasteiger partial charge in [-0.1, -0.05) is 13.8 Å². The molecule has 0 aromatic carbocycles. The van der Waals surface area contributed by atoms with Crippen LogP contribution in [0.5, 0.6) is 0 Å². The SMILES string of the molecule is CC1OC(=O)C(C(C)C)NC1=O. The van der Waals surface area contributed by atoms with Crippen LogP contribution in [0.1, 0.15) is 20.8 Å². The van der Waals surface area contributed by atoms with E-state index in [1.54, 1.807) is 6.92 Å². The average molecular weight is 171 g/mol. The van der Waals surface area contributed by atoms with Crippen molar-refractivity contribution in [2.24, 2.45) is 5.92 Å². The minimum absolute atomic E-state index is 0.0777. The van der Waals surface area contributed by atoms with Crippen LogP contribution in [0.2, 0.25) is 0 Å². The fourth-order valence-electron chi connectivity index (χ4n) is 1.07. The number of cyclic esters (lactones) is 1. The maximum Gasteiger partial charge on any atom is 0.329 e. The van der Waals surface area contributed by atoms with Gasteiger partial charge in [0.05, 0.1) is 0 Å². The first-order chi connectivity index (χ1) is 5.52. The van der Waals surface area contributed by atoms with Crippen molar-refractivity contribution in [3.8, 4) is 0 Å². The molecule has 1 N–H and O–H groups in total. The molecule has 1 heterocycles. The quantitative estimate of drug-likeness (QED) is 0.568. The van der Waals surface area contributed by atoms with Gasteiger partial charge < -0.3 is 10.1 Å². The second-order valence-corrected chi connectivity index (χ2v) is 3.31. The lowest BCUT2D eigenvalue weighted by molar-refractivity contribution is -0.165. The van der Waals surface area contributed by atoms with Crippen molar-refractivity contribution in [2.45, 2.75) is 32.9 Å². The molecule has 2 unspecified atom stereocenters. The summed E-state index contributed by atoms with van der Waals surface area (Å²) in [6.07, 6.45) is -0.646. The molecule has 0 bridgehead atoms. The zero-order chi connectivity index (χ0) is 9.30. The topological polar surface area (TPSA) is 55.4 Å². The Morgan fingerprint density at radius 1 is 1.42 bits per heavy atom. The van der Waals surface area contributed by atoms with Crippen LogP contribution in [0.25, 0.3) is 0 Å². The van der Waals surface area contributed by atoms with Gasteiger partial charge in [0.2, 0.25) is 0 Å². The van der Waals surface area contributed by atoms with E-state index < -0.39 is 12.1 Å². The number of ether oxygens (including phenoxy) is 1. The standard InChI is InChI=1S/C8H13NO3/c1-4(2)6-8(11)12-5(3)7(10)9-6/h4-6H,1-3H3,(H,9,10). The monoisotopic (exact) mass is 171 g/mol. The molecule has 0 aromatic heterocycles. The van der Waals surface area contributed by atoms with Gasteiger partial charge in [-0.05, 0) is 12.8 Å². The van der Waals surface area contributed by atoms with Crippen LogP contribution in [0, 0.1) is 5.92 Å². The molecular weight excluding hydrogens is 158 g/mol. The maximum atomic E-state index is 11.2. The van der Waals surface area contributed by atoms with Crippen molar-refractivity contribution < 1.29 is 14.3 Å². The van der Waals surface area contributed by atoms with Crippen LogP contribution in [-0.2, 0) is 14.3 Å². The highest BCUT2D eigenvalue weighted by Crippen LogP contribution is 2.10. The second-order valence-electron chi connectivity index (χ2n) is 3.31. The van der Waals surface area contributed by atoms with E-state index in [9.17, 15) is 9.59 Å². The van der Waals surface area contributed by atoms with Gasteiger partial charge in [-0.3, -0.25) is 4.79 Å². The molecule has 4 heteroatoms. The predicted molar refractivity (Wildman–Crippen MR) is 42.3 cm³/mol. The molecule has 0 spiro atoms. The third kappa shape index (κ3) is 1.57. The summed E-state index contributed by atoms with van der Waals surface area (Å²) in [6.45, 7) is 5.29. The number of rotatable bonds is 1. The van der Waals surface area contributed by atoms with Gasteiger partial charge in [0.15, 0.2) is 6.10 Å². The van der Waals surface area contributed by atoms with Crippen molar-refractivity contribution in [3.05, 3.63) is 0 Å². The molecule has 0 aliphatic carbocycles. The number of hydrogen-bond donors (Lipinski definition) is 1. The van der Waals surface area contributed by atoms with Gasteiger partial charge in [0.25, 0.3) is 5.91 Å². The zero-order valence-corrected chi connectivity index (χ0v) is 7.46. The van der Waals surface area contributed by atoms with E-state index in [1.807, 2.05) is 13.8 Å². The van der Waals surface area contributed by atoms with E-state index in [4.69, 9.17) is 4.74 Å². The summed E-state index contributed by atoms with van der Waals surface area (Å²) in [7, 11) is 0. The molecule has 0 aromatic rings. The van der Waals surface area contributed by atoms with Gasteiger partial charge in [-0.15, -0.1) is 0 Å². The van der Waals surface area contributed by atoms with E-state index >= 15 is 0 Å². The highest BCUT2D eigenvalue weighted by molar-refractivity contribution is 5.92. The Balaban J connectivity index is 2.68. The number of amides is 1. The van der Waals surface area contributed by atoms with Gasteiger partial charge >= 0.3 is 5.97 Å². The fraction of sp³-hybridized carbons (Fsp3) is 0.750. The third-order valence-electron chi connectivity index (χ3n) is 1.88. The van der Waals surface area contributed by atoms with E-state index in [0.29, 0.717) is 0 Å². The van der Waals surface area contributed by atoms with Crippen molar-refractivity contribution in [3.63, 3.8) is 0 Å². The van der Waals surface area contributed by atoms with Crippen molar-refractivity contribution in [2.75, 3.05) is 0 Å². The predicted octanol–water partition coefficient (Wildman–Crippen LogP) is 0.0725. The average Bonchev–Trinajstić information content (AvgIpc) is 1.96. The molecule has 1 saturated heterocycles. The number of esters is 1. The summed E-state index contributed by atoms with van der Waals surface area (Å²) in [6, 6.07) is -0.478. The van der Waals surface area contributed by atoms with E-state index in [-0.39, 0.29) is 17.8 Å². The van der Waals surface area contributed by atoms with E-state index in [0.717, 1.165) is 0 Å². The summed E-state index contributed by atoms with van der Waals surface area (Å²) in [5, 5.41) is 2.60. The molecule has 1 aliphatic rings. The number of hydrogen-bond acceptors (Lipinski definition) is 3. The van der Waals surface area contributed by atoms with Gasteiger partial charge in [-0.2, -0.15) is 0 Å². The number of carbonyl (C=O) groups is 2. The summed E-state index contributed by atoms with van der Waals surface area (Å²) in [5.41, 5.74) is 0. The van der Waals surface area contributed by atoms with Crippen LogP contribution >= 0.6 is 0 Å². The highest BCUT2D eigenvalue weighted by Gasteiger charge is 2.34. The van der Waals surface area contributed by atoms with Crippen LogP contribution in [0.3, 0.4) is 0 Å². The first kappa shape index (κ1) is 9.03. The number of morpholine rings is 1. The van der Waals surface area contributed by atoms with Gasteiger partial charge in [-0.25, -0.2) is 4.79 Å². The van der Waals surface area contributed by atoms with Crippen LogP contribution in [0.4, 0.5) is 0 Å². The Morgan fingerprint density at radius 2 is 2.00 bits per heavy atom. The first-order valence-electron chi connectivity index (χ1n) is 4.03. The highest BCUT2D eigenvalue weighted by atomic mass is 16.6. The van der Waals surface area contributed by atoms with Crippen LogP contribution < -0.4 is 5.32 Å². The summed E-state index contributed by atoms with van der Waals surface area (Å²) in [4.78, 5) is 22.2. The molecule has 0 radical (unpaired) electrons. The Hall–Kier alpha value is -1.06. The molecule has 4 nitrogen and oxygen atoms in total. The molecule has 1 aliphatic heterocycles. The molecule has 1 fully saturated rings. The first-order valence-corrected chi connectivity index (χ1v) is 4.03. The number of nitrogens with one attached hydrogen (secondary N) is 1. The molecule has 2 atom stereocenters. The second kappa shape index (κ2) is 3.13.